The van der Waals surface area contributed by atoms with Crippen molar-refractivity contribution in [2.75, 3.05) is 7.11 Å². The van der Waals surface area contributed by atoms with Gasteiger partial charge in [0.15, 0.2) is 5.75 Å². The number of halogens is 1. The fraction of sp³-hybridized carbons (Fsp3) is 0.429. The van der Waals surface area contributed by atoms with E-state index in [1.54, 1.807) is 17.8 Å². The summed E-state index contributed by atoms with van der Waals surface area (Å²) in [6.07, 6.45) is 3.50. The average Bonchev–Trinajstić information content (AvgIpc) is 2.83. The number of rotatable bonds is 5. The summed E-state index contributed by atoms with van der Waals surface area (Å²) in [5.74, 6) is 0.0353. The highest BCUT2D eigenvalue weighted by molar-refractivity contribution is 5.36. The van der Waals surface area contributed by atoms with Crippen LogP contribution in [0.4, 0.5) is 4.39 Å². The lowest BCUT2D eigenvalue weighted by Gasteiger charge is -2.24. The second-order valence-electron chi connectivity index (χ2n) is 4.72. The van der Waals surface area contributed by atoms with Gasteiger partial charge < -0.3 is 9.84 Å². The van der Waals surface area contributed by atoms with Gasteiger partial charge in [0.1, 0.15) is 17.1 Å². The van der Waals surface area contributed by atoms with Crippen molar-refractivity contribution in [3.63, 3.8) is 0 Å². The maximum atomic E-state index is 13.0. The van der Waals surface area contributed by atoms with Crippen molar-refractivity contribution >= 4 is 0 Å². The van der Waals surface area contributed by atoms with E-state index >= 15 is 0 Å². The molecule has 20 heavy (non-hydrogen) atoms. The summed E-state index contributed by atoms with van der Waals surface area (Å²) in [7, 11) is 1.52. The maximum Gasteiger partial charge on any atom is 0.163 e. The Morgan fingerprint density at radius 1 is 1.40 bits per heavy atom. The molecule has 0 amide bonds. The predicted octanol–water partition coefficient (Wildman–Crippen LogP) is 2.09. The molecule has 0 saturated carbocycles. The molecule has 0 radical (unpaired) electrons. The molecule has 0 aliphatic heterocycles. The van der Waals surface area contributed by atoms with Crippen LogP contribution in [0.3, 0.4) is 0 Å². The van der Waals surface area contributed by atoms with Gasteiger partial charge in [0.25, 0.3) is 0 Å². The van der Waals surface area contributed by atoms with E-state index in [4.69, 9.17) is 4.74 Å². The summed E-state index contributed by atoms with van der Waals surface area (Å²) in [4.78, 5) is 3.96. The van der Waals surface area contributed by atoms with Crippen LogP contribution in [-0.2, 0) is 12.1 Å². The van der Waals surface area contributed by atoms with Gasteiger partial charge in [-0.2, -0.15) is 5.10 Å². The first-order valence-electron chi connectivity index (χ1n) is 6.45. The predicted molar refractivity (Wildman–Crippen MR) is 71.9 cm³/mol. The lowest BCUT2D eigenvalue weighted by atomic mass is 9.96. The molecular formula is C14H18FN3O2. The molecule has 0 fully saturated rings. The number of nitrogens with zero attached hydrogens (tertiary/aromatic N) is 3. The highest BCUT2D eigenvalue weighted by atomic mass is 19.1. The molecule has 2 aromatic heterocycles. The van der Waals surface area contributed by atoms with E-state index in [0.29, 0.717) is 23.7 Å². The van der Waals surface area contributed by atoms with Gasteiger partial charge in [-0.1, -0.05) is 6.92 Å². The summed E-state index contributed by atoms with van der Waals surface area (Å²) >= 11 is 0. The van der Waals surface area contributed by atoms with Crippen molar-refractivity contribution in [2.24, 2.45) is 0 Å². The molecule has 0 aromatic carbocycles. The van der Waals surface area contributed by atoms with E-state index in [1.165, 1.54) is 19.2 Å². The van der Waals surface area contributed by atoms with Gasteiger partial charge >= 0.3 is 0 Å². The number of aryl methyl sites for hydroxylation is 1. The van der Waals surface area contributed by atoms with Gasteiger partial charge in [-0.3, -0.25) is 9.67 Å². The lowest BCUT2D eigenvalue weighted by molar-refractivity contribution is 0.0834. The molecular weight excluding hydrogens is 261 g/mol. The van der Waals surface area contributed by atoms with Gasteiger partial charge in [-0.25, -0.2) is 4.39 Å². The smallest absolute Gasteiger partial charge is 0.163 e. The molecule has 2 heterocycles. The van der Waals surface area contributed by atoms with E-state index in [-0.39, 0.29) is 0 Å². The normalized spacial score (nSPS) is 14.1. The van der Waals surface area contributed by atoms with Crippen LogP contribution in [0.25, 0.3) is 0 Å². The van der Waals surface area contributed by atoms with Crippen LogP contribution in [0, 0.1) is 5.82 Å². The molecule has 1 atom stereocenters. The Kier molecular flexibility index (Phi) is 4.04. The van der Waals surface area contributed by atoms with Gasteiger partial charge in [-0.05, 0) is 25.5 Å². The molecule has 0 bridgehead atoms. The summed E-state index contributed by atoms with van der Waals surface area (Å²) < 4.78 is 19.9. The minimum absolute atomic E-state index is 0.343. The van der Waals surface area contributed by atoms with E-state index < -0.39 is 11.4 Å². The number of methoxy groups -OCH3 is 1. The van der Waals surface area contributed by atoms with Crippen molar-refractivity contribution in [3.8, 4) is 5.75 Å². The van der Waals surface area contributed by atoms with Crippen LogP contribution in [0.2, 0.25) is 0 Å². The average molecular weight is 279 g/mol. The fourth-order valence-electron chi connectivity index (χ4n) is 2.18. The Hall–Kier alpha value is -1.95. The summed E-state index contributed by atoms with van der Waals surface area (Å²) in [5.41, 5.74) is -0.555. The second kappa shape index (κ2) is 5.58. The molecule has 108 valence electrons. The highest BCUT2D eigenvalue weighted by Gasteiger charge is 2.34. The third-order valence-corrected chi connectivity index (χ3v) is 3.15. The molecule has 2 aromatic rings. The van der Waals surface area contributed by atoms with E-state index in [1.807, 2.05) is 6.92 Å². The maximum absolute atomic E-state index is 13.0. The van der Waals surface area contributed by atoms with Crippen molar-refractivity contribution in [3.05, 3.63) is 41.7 Å². The molecule has 2 rings (SSSR count). The van der Waals surface area contributed by atoms with Crippen molar-refractivity contribution in [1.82, 2.24) is 14.8 Å². The van der Waals surface area contributed by atoms with Gasteiger partial charge in [0.2, 0.25) is 0 Å². The van der Waals surface area contributed by atoms with Crippen LogP contribution in [0.5, 0.6) is 5.75 Å². The number of hydrogen-bond donors (Lipinski definition) is 1. The molecule has 5 nitrogen and oxygen atoms in total. The van der Waals surface area contributed by atoms with Crippen LogP contribution in [-0.4, -0.2) is 27.0 Å². The fourth-order valence-corrected chi connectivity index (χ4v) is 2.18. The van der Waals surface area contributed by atoms with Crippen LogP contribution in [0.1, 0.15) is 31.7 Å². The van der Waals surface area contributed by atoms with Crippen LogP contribution >= 0.6 is 0 Å². The monoisotopic (exact) mass is 279 g/mol. The molecule has 0 saturated heterocycles. The van der Waals surface area contributed by atoms with Gasteiger partial charge in [-0.15, -0.1) is 0 Å². The van der Waals surface area contributed by atoms with E-state index in [0.717, 1.165) is 12.6 Å². The van der Waals surface area contributed by atoms with E-state index in [2.05, 4.69) is 10.1 Å². The number of aromatic nitrogens is 3. The zero-order chi connectivity index (χ0) is 14.8. The topological polar surface area (TPSA) is 60.2 Å². The highest BCUT2D eigenvalue weighted by Crippen LogP contribution is 2.34. The Bertz CT molecular complexity index is 579. The Labute approximate surface area is 117 Å². The lowest BCUT2D eigenvalue weighted by Crippen LogP contribution is -2.28. The largest absolute Gasteiger partial charge is 0.493 e. The zero-order valence-electron chi connectivity index (χ0n) is 11.8. The summed E-state index contributed by atoms with van der Waals surface area (Å²) in [6.45, 7) is 4.26. The number of hydrogen-bond acceptors (Lipinski definition) is 4. The third-order valence-electron chi connectivity index (χ3n) is 3.15. The second-order valence-corrected chi connectivity index (χ2v) is 4.72. The van der Waals surface area contributed by atoms with Crippen LogP contribution < -0.4 is 4.74 Å². The molecule has 1 N–H and O–H groups in total. The van der Waals surface area contributed by atoms with Crippen molar-refractivity contribution in [2.45, 2.75) is 32.4 Å². The minimum atomic E-state index is -1.41. The molecule has 0 aliphatic rings. The molecule has 0 aliphatic carbocycles. The molecule has 1 unspecified atom stereocenters. The zero-order valence-corrected chi connectivity index (χ0v) is 11.8. The van der Waals surface area contributed by atoms with Crippen molar-refractivity contribution in [1.29, 1.82) is 0 Å². The van der Waals surface area contributed by atoms with E-state index in [9.17, 15) is 9.50 Å². The van der Waals surface area contributed by atoms with Gasteiger partial charge in [0.05, 0.1) is 25.2 Å². The Morgan fingerprint density at radius 3 is 2.70 bits per heavy atom. The minimum Gasteiger partial charge on any atom is -0.493 e. The van der Waals surface area contributed by atoms with Crippen molar-refractivity contribution < 1.29 is 14.2 Å². The van der Waals surface area contributed by atoms with Gasteiger partial charge in [0, 0.05) is 6.54 Å². The Balaban J connectivity index is 2.52. The number of pyridine rings is 1. The first kappa shape index (κ1) is 14.5. The number of aliphatic hydroxyl groups is 1. The van der Waals surface area contributed by atoms with Crippen LogP contribution in [0.15, 0.2) is 24.5 Å². The summed E-state index contributed by atoms with van der Waals surface area (Å²) in [6, 6.07) is 2.72. The number of ether oxygens (including phenoxy) is 1. The Morgan fingerprint density at radius 2 is 2.15 bits per heavy atom. The summed E-state index contributed by atoms with van der Waals surface area (Å²) in [5, 5.41) is 15.0. The third kappa shape index (κ3) is 2.51. The first-order chi connectivity index (χ1) is 9.50. The molecule has 0 spiro atoms. The quantitative estimate of drug-likeness (QED) is 0.910. The SMILES string of the molecule is CCCn1ncc(OC)c1C(C)(O)c1ccc(F)cn1. The first-order valence-corrected chi connectivity index (χ1v) is 6.45. The molecule has 6 heteroatoms. The standard InChI is InChI=1S/C14H18FN3O2/c1-4-7-18-13(11(20-3)9-17-18)14(2,19)12-6-5-10(15)8-16-12/h5-6,8-9,19H,4,7H2,1-3H3.